The monoisotopic (exact) mass is 1390 g/mol. The molecule has 24 heteroatoms. The predicted octanol–water partition coefficient (Wildman–Crippen LogP) is 12.1. The number of Topliss-reactive ketones (excluding diaryl/α,β-unsaturated/α-hetero) is 3. The van der Waals surface area contributed by atoms with E-state index >= 15 is 0 Å². The number of hydrogen-bond donors (Lipinski definition) is 7. The maximum Gasteiger partial charge on any atom is 0.416 e. The number of anilines is 1. The molecular formula is C79H71F3N12O9. The molecule has 21 nitrogen and oxygen atoms in total. The normalized spacial score (nSPS) is 11.6. The van der Waals surface area contributed by atoms with Gasteiger partial charge in [-0.15, -0.1) is 0 Å². The Morgan fingerprint density at radius 3 is 1.55 bits per heavy atom. The highest BCUT2D eigenvalue weighted by atomic mass is 19.4. The second-order valence-corrected chi connectivity index (χ2v) is 24.5. The van der Waals surface area contributed by atoms with E-state index in [1.165, 1.54) is 28.8 Å². The van der Waals surface area contributed by atoms with Gasteiger partial charge in [0, 0.05) is 125 Å². The average Bonchev–Trinajstić information content (AvgIpc) is 1.79. The summed E-state index contributed by atoms with van der Waals surface area (Å²) in [6.45, 7) is 7.50. The first-order valence-corrected chi connectivity index (χ1v) is 32.6. The number of nitrogens with one attached hydrogen (secondary N) is 5. The fourth-order valence-electron chi connectivity index (χ4n) is 11.7. The number of H-pyrrole nitrogens is 1. The highest BCUT2D eigenvalue weighted by Crippen LogP contribution is 2.34. The zero-order valence-corrected chi connectivity index (χ0v) is 56.2. The van der Waals surface area contributed by atoms with E-state index in [0.717, 1.165) is 56.3 Å². The van der Waals surface area contributed by atoms with E-state index in [1.807, 2.05) is 61.8 Å². The Kier molecular flexibility index (Phi) is 23.5. The fraction of sp³-hybridized carbons (Fsp3) is 0.165. The number of nitrogens with zero attached hydrogens (tertiary/aromatic N) is 5. The van der Waals surface area contributed by atoms with Gasteiger partial charge in [0.1, 0.15) is 17.1 Å². The minimum absolute atomic E-state index is 0.0304. The van der Waals surface area contributed by atoms with Crippen molar-refractivity contribution in [2.75, 3.05) is 11.9 Å². The number of hydrogen-bond acceptors (Lipinski definition) is 12. The second kappa shape index (κ2) is 33.2. The quantitative estimate of drug-likeness (QED) is 0.0137. The Labute approximate surface area is 589 Å². The lowest BCUT2D eigenvalue weighted by Crippen LogP contribution is -2.33. The molecule has 6 heterocycles. The highest BCUT2D eigenvalue weighted by molar-refractivity contribution is 6.10. The van der Waals surface area contributed by atoms with Crippen LogP contribution in [0.3, 0.4) is 0 Å². The minimum Gasteiger partial charge on any atom is -0.364 e. The first-order valence-electron chi connectivity index (χ1n) is 32.6. The van der Waals surface area contributed by atoms with Crippen LogP contribution in [-0.2, 0) is 44.9 Å². The molecule has 0 bridgehead atoms. The van der Waals surface area contributed by atoms with E-state index in [1.54, 1.807) is 79.9 Å². The zero-order chi connectivity index (χ0) is 73.3. The third-order valence-corrected chi connectivity index (χ3v) is 17.1. The number of carbonyl (C=O) groups excluding carboxylic acids is 9. The molecule has 6 aromatic carbocycles. The largest absolute Gasteiger partial charge is 0.416 e. The number of ketones is 3. The Morgan fingerprint density at radius 1 is 0.524 bits per heavy atom. The number of amides is 6. The lowest BCUT2D eigenvalue weighted by atomic mass is 9.99. The van der Waals surface area contributed by atoms with E-state index in [4.69, 9.17) is 11.5 Å². The number of pyridine rings is 3. The number of aryl methyl sites for hydroxylation is 2. The Hall–Kier alpha value is -13.0. The van der Waals surface area contributed by atoms with Crippen LogP contribution in [0, 0.1) is 13.8 Å². The van der Waals surface area contributed by atoms with Crippen molar-refractivity contribution < 1.29 is 56.3 Å². The van der Waals surface area contributed by atoms with Gasteiger partial charge in [0.15, 0.2) is 17.3 Å². The van der Waals surface area contributed by atoms with Gasteiger partial charge in [-0.2, -0.15) is 13.2 Å². The maximum atomic E-state index is 13.2. The molecule has 0 radical (unpaired) electrons. The van der Waals surface area contributed by atoms with E-state index < -0.39 is 29.6 Å². The van der Waals surface area contributed by atoms with Crippen molar-refractivity contribution in [3.05, 3.63) is 262 Å². The Morgan fingerprint density at radius 2 is 1.02 bits per heavy atom. The first kappa shape index (κ1) is 72.7. The molecule has 12 rings (SSSR count). The van der Waals surface area contributed by atoms with Crippen molar-refractivity contribution in [1.82, 2.24) is 45.0 Å². The molecule has 0 unspecified atom stereocenters. The molecule has 103 heavy (non-hydrogen) atoms. The topological polar surface area (TPSA) is 318 Å². The Bertz CT molecular complexity index is 5120. The molecule has 6 aromatic heterocycles. The number of halogens is 3. The molecule has 0 aliphatic rings. The Balaban J connectivity index is 0.000000168. The van der Waals surface area contributed by atoms with Crippen LogP contribution < -0.4 is 32.7 Å². The summed E-state index contributed by atoms with van der Waals surface area (Å²) in [7, 11) is 0. The number of primary amides is 2. The zero-order valence-electron chi connectivity index (χ0n) is 56.2. The van der Waals surface area contributed by atoms with Crippen LogP contribution in [0.1, 0.15) is 112 Å². The molecule has 522 valence electrons. The van der Waals surface area contributed by atoms with E-state index in [2.05, 4.69) is 106 Å². The fourth-order valence-corrected chi connectivity index (χ4v) is 11.7. The van der Waals surface area contributed by atoms with Gasteiger partial charge >= 0.3 is 6.18 Å². The van der Waals surface area contributed by atoms with Crippen LogP contribution in [0.25, 0.3) is 66.5 Å². The summed E-state index contributed by atoms with van der Waals surface area (Å²) in [6.07, 6.45) is 3.77. The summed E-state index contributed by atoms with van der Waals surface area (Å²) >= 11 is 0. The minimum atomic E-state index is -4.45. The van der Waals surface area contributed by atoms with Gasteiger partial charge in [0.05, 0.1) is 33.8 Å². The molecule has 9 N–H and O–H groups in total. The van der Waals surface area contributed by atoms with Crippen molar-refractivity contribution in [2.45, 2.75) is 77.8 Å². The number of benzene rings is 6. The van der Waals surface area contributed by atoms with Crippen LogP contribution in [0.4, 0.5) is 18.9 Å². The van der Waals surface area contributed by atoms with Gasteiger partial charge in [-0.05, 0) is 129 Å². The van der Waals surface area contributed by atoms with Crippen molar-refractivity contribution in [2.24, 2.45) is 11.5 Å². The van der Waals surface area contributed by atoms with Gasteiger partial charge in [-0.1, -0.05) is 108 Å². The molecule has 0 aliphatic carbocycles. The summed E-state index contributed by atoms with van der Waals surface area (Å²) < 4.78 is 42.6. The van der Waals surface area contributed by atoms with E-state index in [0.29, 0.717) is 102 Å². The summed E-state index contributed by atoms with van der Waals surface area (Å²) in [4.78, 5) is 122. The molecule has 0 saturated carbocycles. The van der Waals surface area contributed by atoms with E-state index in [-0.39, 0.29) is 59.7 Å². The molecule has 0 spiro atoms. The number of rotatable bonds is 28. The maximum absolute atomic E-state index is 13.2. The van der Waals surface area contributed by atoms with Crippen LogP contribution in [0.5, 0.6) is 0 Å². The van der Waals surface area contributed by atoms with Gasteiger partial charge in [-0.25, -0.2) is 15.0 Å². The number of fused-ring (bicyclic) bond motifs is 3. The molecule has 12 aromatic rings. The second-order valence-electron chi connectivity index (χ2n) is 24.5. The summed E-state index contributed by atoms with van der Waals surface area (Å²) in [5, 5.41) is 12.9. The van der Waals surface area contributed by atoms with Gasteiger partial charge in [0.25, 0.3) is 11.8 Å². The van der Waals surface area contributed by atoms with E-state index in [9.17, 15) is 56.3 Å². The third kappa shape index (κ3) is 18.5. The summed E-state index contributed by atoms with van der Waals surface area (Å²) in [5.41, 5.74) is 24.0. The number of nitrogens with two attached hydrogens (primary N) is 2. The highest BCUT2D eigenvalue weighted by Gasteiger charge is 2.30. The van der Waals surface area contributed by atoms with Gasteiger partial charge < -0.3 is 46.9 Å². The molecule has 2 atom stereocenters. The summed E-state index contributed by atoms with van der Waals surface area (Å²) in [6, 6.07) is 52.6. The van der Waals surface area contributed by atoms with Crippen molar-refractivity contribution >= 4 is 93.2 Å². The molecule has 0 saturated heterocycles. The average molecular weight is 1390 g/mol. The third-order valence-electron chi connectivity index (χ3n) is 17.1. The van der Waals surface area contributed by atoms with Crippen LogP contribution >= 0.6 is 0 Å². The van der Waals surface area contributed by atoms with Crippen molar-refractivity contribution in [3.8, 4) is 33.8 Å². The molecular weight excluding hydrogens is 1320 g/mol. The standard InChI is InChI=1S/C29H25F3N4O4.C27H26N4O3.C23H20N4O2/c30-29(31,32)20-7-4-18(5-8-20)12-28(40)26-3-1-2-24(36-26)19-6-9-25-22(13-19)23(15-34-25)27(39)14-21(35-17-38)10-11-33-16-37;1-17-6-8-19(9-7-17)14-31-15-22(26(33)12-18(2)29-16-32)21-13-20(10-11-25(21)31)23-4-3-5-24(30-23)27(28)34;1-15-5-7-16(8-6-15)12-27-13-21(25-14-28)18-11-17(9-10-22(18)27)19-3-2-4-20(26-19)23(24)29/h1-9,13,15-17,21,34H,10-12,14H2,(H,33,37)(H,35,38);3-11,13,15-16,18H,12,14H2,1-2H3,(H2,28,34)(H,29,32);2-11,13-14H,12H2,1H3,(H2,24,29)(H,25,28)/t21-;18-;/m11./s1. The molecule has 0 fully saturated rings. The SMILES string of the molecule is Cc1ccc(Cn2cc(C(=O)C[C@@H](C)NC=O)c3cc(-c4cccc(C(N)=O)n4)ccc32)cc1.Cc1ccc(Cn2cc(NC=O)c3cc(-c4cccc(C(N)=O)n4)ccc32)cc1.O=CNCC[C@H](CC(=O)c1c[nH]c2ccc(-c3cccc(C(=O)Cc4ccc(C(F)(F)F)cc4)n3)cc12)NC=O. The summed E-state index contributed by atoms with van der Waals surface area (Å²) in [5.74, 6) is -1.79. The predicted molar refractivity (Wildman–Crippen MR) is 387 cm³/mol. The van der Waals surface area contributed by atoms with Crippen LogP contribution in [-0.4, -0.2) is 103 Å². The molecule has 0 aliphatic heterocycles. The number of carbonyl (C=O) groups is 9. The van der Waals surface area contributed by atoms with Crippen LogP contribution in [0.15, 0.2) is 201 Å². The smallest absolute Gasteiger partial charge is 0.364 e. The molecule has 6 amide bonds. The van der Waals surface area contributed by atoms with Crippen LogP contribution in [0.2, 0.25) is 0 Å². The lowest BCUT2D eigenvalue weighted by molar-refractivity contribution is -0.137. The lowest BCUT2D eigenvalue weighted by Gasteiger charge is -2.14. The number of aromatic nitrogens is 6. The van der Waals surface area contributed by atoms with Gasteiger partial charge in [0.2, 0.25) is 25.6 Å². The number of aromatic amines is 1. The van der Waals surface area contributed by atoms with Crippen molar-refractivity contribution in [1.29, 1.82) is 0 Å². The first-order chi connectivity index (χ1) is 49.6. The number of alkyl halides is 3. The van der Waals surface area contributed by atoms with Crippen molar-refractivity contribution in [3.63, 3.8) is 0 Å². The van der Waals surface area contributed by atoms with Gasteiger partial charge in [-0.3, -0.25) is 43.2 Å².